The lowest BCUT2D eigenvalue weighted by Crippen LogP contribution is -2.27. The smallest absolute Gasteiger partial charge is 0.123 e. The van der Waals surface area contributed by atoms with Crippen LogP contribution in [0, 0.1) is 11.7 Å². The SMILES string of the molecule is CN(CCOCC1CC1)CCC(N)c1ccc(F)cc1. The van der Waals surface area contributed by atoms with Crippen molar-refractivity contribution in [1.29, 1.82) is 0 Å². The van der Waals surface area contributed by atoms with Crippen LogP contribution in [-0.2, 0) is 4.74 Å². The first-order chi connectivity index (χ1) is 9.65. The lowest BCUT2D eigenvalue weighted by atomic mass is 10.0. The molecule has 112 valence electrons. The van der Waals surface area contributed by atoms with E-state index < -0.39 is 0 Å². The third kappa shape index (κ3) is 5.57. The van der Waals surface area contributed by atoms with E-state index in [1.807, 2.05) is 0 Å². The average molecular weight is 280 g/mol. The minimum Gasteiger partial charge on any atom is -0.380 e. The van der Waals surface area contributed by atoms with Crippen LogP contribution in [0.25, 0.3) is 0 Å². The fourth-order valence-corrected chi connectivity index (χ4v) is 2.10. The zero-order valence-electron chi connectivity index (χ0n) is 12.2. The predicted molar refractivity (Wildman–Crippen MR) is 79.0 cm³/mol. The molecule has 0 radical (unpaired) electrons. The Kier molecular flexibility index (Phi) is 5.95. The number of hydrogen-bond donors (Lipinski definition) is 1. The lowest BCUT2D eigenvalue weighted by Gasteiger charge is -2.19. The maximum Gasteiger partial charge on any atom is 0.123 e. The maximum atomic E-state index is 12.8. The van der Waals surface area contributed by atoms with Gasteiger partial charge in [0.1, 0.15) is 5.82 Å². The molecule has 1 atom stereocenters. The van der Waals surface area contributed by atoms with Crippen LogP contribution in [0.1, 0.15) is 30.9 Å². The Bertz CT molecular complexity index is 392. The number of benzene rings is 1. The second-order valence-corrected chi connectivity index (χ2v) is 5.77. The largest absolute Gasteiger partial charge is 0.380 e. The number of hydrogen-bond acceptors (Lipinski definition) is 3. The molecule has 1 unspecified atom stereocenters. The van der Waals surface area contributed by atoms with E-state index in [9.17, 15) is 4.39 Å². The Balaban J connectivity index is 1.59. The van der Waals surface area contributed by atoms with Crippen LogP contribution in [-0.4, -0.2) is 38.3 Å². The summed E-state index contributed by atoms with van der Waals surface area (Å²) in [5, 5.41) is 0. The van der Waals surface area contributed by atoms with Crippen molar-refractivity contribution >= 4 is 0 Å². The van der Waals surface area contributed by atoms with Crippen LogP contribution in [0.15, 0.2) is 24.3 Å². The minimum absolute atomic E-state index is 0.0366. The standard InChI is InChI=1S/C16H25FN2O/c1-19(10-11-20-12-13-2-3-13)9-8-16(18)14-4-6-15(17)7-5-14/h4-7,13,16H,2-3,8-12,18H2,1H3. The number of likely N-dealkylation sites (N-methyl/N-ethyl adjacent to an activating group) is 1. The van der Waals surface area contributed by atoms with Gasteiger partial charge in [0.15, 0.2) is 0 Å². The predicted octanol–water partition coefficient (Wildman–Crippen LogP) is 2.57. The van der Waals surface area contributed by atoms with Crippen LogP contribution in [0.5, 0.6) is 0 Å². The van der Waals surface area contributed by atoms with E-state index in [2.05, 4.69) is 11.9 Å². The van der Waals surface area contributed by atoms with Gasteiger partial charge in [-0.05, 0) is 56.5 Å². The van der Waals surface area contributed by atoms with Crippen molar-refractivity contribution in [2.75, 3.05) is 33.4 Å². The molecular weight excluding hydrogens is 255 g/mol. The number of rotatable bonds is 9. The summed E-state index contributed by atoms with van der Waals surface area (Å²) in [5.41, 5.74) is 7.11. The maximum absolute atomic E-state index is 12.8. The Morgan fingerprint density at radius 3 is 2.65 bits per heavy atom. The van der Waals surface area contributed by atoms with Crippen molar-refractivity contribution in [3.8, 4) is 0 Å². The molecule has 0 amide bonds. The molecular formula is C16H25FN2O. The molecule has 4 heteroatoms. The molecule has 2 N–H and O–H groups in total. The first-order valence-electron chi connectivity index (χ1n) is 7.42. The van der Waals surface area contributed by atoms with Crippen molar-refractivity contribution < 1.29 is 9.13 Å². The van der Waals surface area contributed by atoms with Gasteiger partial charge in [0.25, 0.3) is 0 Å². The number of nitrogens with zero attached hydrogens (tertiary/aromatic N) is 1. The molecule has 1 fully saturated rings. The summed E-state index contributed by atoms with van der Waals surface area (Å²) in [4.78, 5) is 2.23. The summed E-state index contributed by atoms with van der Waals surface area (Å²) >= 11 is 0. The van der Waals surface area contributed by atoms with Gasteiger partial charge in [0, 0.05) is 19.2 Å². The van der Waals surface area contributed by atoms with Crippen molar-refractivity contribution in [3.05, 3.63) is 35.6 Å². The molecule has 0 aromatic heterocycles. The normalized spacial score (nSPS) is 16.6. The van der Waals surface area contributed by atoms with Gasteiger partial charge in [-0.3, -0.25) is 0 Å². The lowest BCUT2D eigenvalue weighted by molar-refractivity contribution is 0.103. The molecule has 3 nitrogen and oxygen atoms in total. The Morgan fingerprint density at radius 1 is 1.30 bits per heavy atom. The van der Waals surface area contributed by atoms with E-state index in [4.69, 9.17) is 10.5 Å². The van der Waals surface area contributed by atoms with E-state index in [1.54, 1.807) is 12.1 Å². The highest BCUT2D eigenvalue weighted by molar-refractivity contribution is 5.19. The highest BCUT2D eigenvalue weighted by atomic mass is 19.1. The van der Waals surface area contributed by atoms with Crippen LogP contribution in [0.2, 0.25) is 0 Å². The quantitative estimate of drug-likeness (QED) is 0.707. The highest BCUT2D eigenvalue weighted by Gasteiger charge is 2.20. The zero-order chi connectivity index (χ0) is 14.4. The Morgan fingerprint density at radius 2 is 2.00 bits per heavy atom. The molecule has 1 aromatic carbocycles. The number of nitrogens with two attached hydrogens (primary N) is 1. The van der Waals surface area contributed by atoms with Crippen molar-refractivity contribution in [1.82, 2.24) is 4.90 Å². The molecule has 0 bridgehead atoms. The Labute approximate surface area is 120 Å². The topological polar surface area (TPSA) is 38.5 Å². The van der Waals surface area contributed by atoms with Gasteiger partial charge in [-0.25, -0.2) is 4.39 Å². The van der Waals surface area contributed by atoms with Crippen LogP contribution >= 0.6 is 0 Å². The van der Waals surface area contributed by atoms with Crippen molar-refractivity contribution in [3.63, 3.8) is 0 Å². The first-order valence-corrected chi connectivity index (χ1v) is 7.42. The van der Waals surface area contributed by atoms with Crippen molar-refractivity contribution in [2.24, 2.45) is 11.7 Å². The van der Waals surface area contributed by atoms with Gasteiger partial charge in [-0.1, -0.05) is 12.1 Å². The van der Waals surface area contributed by atoms with Gasteiger partial charge in [0.2, 0.25) is 0 Å². The monoisotopic (exact) mass is 280 g/mol. The second-order valence-electron chi connectivity index (χ2n) is 5.77. The fraction of sp³-hybridized carbons (Fsp3) is 0.625. The van der Waals surface area contributed by atoms with Crippen molar-refractivity contribution in [2.45, 2.75) is 25.3 Å². The molecule has 1 aromatic rings. The molecule has 2 rings (SSSR count). The van der Waals surface area contributed by atoms with Gasteiger partial charge in [-0.2, -0.15) is 0 Å². The third-order valence-corrected chi connectivity index (χ3v) is 3.79. The van der Waals surface area contributed by atoms with E-state index in [0.29, 0.717) is 0 Å². The van der Waals surface area contributed by atoms with E-state index in [0.717, 1.165) is 44.2 Å². The molecule has 20 heavy (non-hydrogen) atoms. The molecule has 0 aliphatic heterocycles. The highest BCUT2D eigenvalue weighted by Crippen LogP contribution is 2.28. The van der Waals surface area contributed by atoms with Crippen LogP contribution in [0.3, 0.4) is 0 Å². The Hall–Kier alpha value is -0.970. The van der Waals surface area contributed by atoms with Gasteiger partial charge in [-0.15, -0.1) is 0 Å². The summed E-state index contributed by atoms with van der Waals surface area (Å²) in [5.74, 6) is 0.609. The average Bonchev–Trinajstić information content (AvgIpc) is 3.26. The molecule has 0 heterocycles. The summed E-state index contributed by atoms with van der Waals surface area (Å²) < 4.78 is 18.5. The fourth-order valence-electron chi connectivity index (χ4n) is 2.10. The summed E-state index contributed by atoms with van der Waals surface area (Å²) in [6.45, 7) is 3.57. The van der Waals surface area contributed by atoms with Gasteiger partial charge in [0.05, 0.1) is 6.61 Å². The summed E-state index contributed by atoms with van der Waals surface area (Å²) in [7, 11) is 2.08. The van der Waals surface area contributed by atoms with E-state index in [-0.39, 0.29) is 11.9 Å². The van der Waals surface area contributed by atoms with E-state index >= 15 is 0 Å². The molecule has 1 aliphatic carbocycles. The second kappa shape index (κ2) is 7.72. The number of ether oxygens (including phenoxy) is 1. The zero-order valence-corrected chi connectivity index (χ0v) is 12.2. The summed E-state index contributed by atoms with van der Waals surface area (Å²) in [6.07, 6.45) is 3.54. The van der Waals surface area contributed by atoms with Crippen LogP contribution < -0.4 is 5.73 Å². The number of halogens is 1. The third-order valence-electron chi connectivity index (χ3n) is 3.79. The van der Waals surface area contributed by atoms with Crippen LogP contribution in [0.4, 0.5) is 4.39 Å². The first kappa shape index (κ1) is 15.4. The molecule has 0 saturated heterocycles. The summed E-state index contributed by atoms with van der Waals surface area (Å²) in [6, 6.07) is 6.41. The molecule has 1 saturated carbocycles. The molecule has 0 spiro atoms. The van der Waals surface area contributed by atoms with Gasteiger partial charge >= 0.3 is 0 Å². The van der Waals surface area contributed by atoms with Gasteiger partial charge < -0.3 is 15.4 Å². The minimum atomic E-state index is -0.217. The molecule has 1 aliphatic rings. The van der Waals surface area contributed by atoms with E-state index in [1.165, 1.54) is 25.0 Å².